The Kier molecular flexibility index (Phi) is 7.84. The second-order valence-corrected chi connectivity index (χ2v) is 8.24. The van der Waals surface area contributed by atoms with E-state index in [9.17, 15) is 9.90 Å². The number of piperazine rings is 1. The summed E-state index contributed by atoms with van der Waals surface area (Å²) in [6, 6.07) is 12.0. The van der Waals surface area contributed by atoms with Crippen molar-refractivity contribution in [2.45, 2.75) is 13.5 Å². The fourth-order valence-corrected chi connectivity index (χ4v) is 3.76. The van der Waals surface area contributed by atoms with Crippen LogP contribution < -0.4 is 10.2 Å². The van der Waals surface area contributed by atoms with Gasteiger partial charge in [0.25, 0.3) is 5.91 Å². The highest BCUT2D eigenvalue weighted by Gasteiger charge is 2.18. The lowest BCUT2D eigenvalue weighted by Gasteiger charge is -2.34. The zero-order chi connectivity index (χ0) is 21.5. The van der Waals surface area contributed by atoms with Gasteiger partial charge in [-0.25, -0.2) is 5.43 Å². The molecule has 160 valence electrons. The first-order valence-corrected chi connectivity index (χ1v) is 10.6. The summed E-state index contributed by atoms with van der Waals surface area (Å²) in [5.74, 6) is 0.212. The molecule has 0 spiro atoms. The molecule has 0 atom stereocenters. The summed E-state index contributed by atoms with van der Waals surface area (Å²) < 4.78 is 5.60. The molecule has 0 saturated carbocycles. The van der Waals surface area contributed by atoms with Crippen LogP contribution in [0.25, 0.3) is 0 Å². The molecule has 0 aliphatic carbocycles. The molecule has 30 heavy (non-hydrogen) atoms. The third-order valence-corrected chi connectivity index (χ3v) is 5.64. The maximum atomic E-state index is 12.2. The molecule has 1 heterocycles. The van der Waals surface area contributed by atoms with E-state index in [0.717, 1.165) is 32.7 Å². The van der Waals surface area contributed by atoms with Crippen LogP contribution in [0.5, 0.6) is 11.5 Å². The van der Waals surface area contributed by atoms with E-state index in [4.69, 9.17) is 4.74 Å². The SMILES string of the molecule is COc1cc(/C=N/NC(=O)CN2CCN(Cc3ccc(C)cc3)CC2)cc(Br)c1O. The first-order valence-electron chi connectivity index (χ1n) is 9.83. The third kappa shape index (κ3) is 6.29. The predicted octanol–water partition coefficient (Wildman–Crippen LogP) is 2.74. The molecule has 0 radical (unpaired) electrons. The highest BCUT2D eigenvalue weighted by molar-refractivity contribution is 9.10. The molecule has 0 bridgehead atoms. The fourth-order valence-electron chi connectivity index (χ4n) is 3.30. The van der Waals surface area contributed by atoms with Crippen molar-refractivity contribution in [3.63, 3.8) is 0 Å². The van der Waals surface area contributed by atoms with E-state index in [-0.39, 0.29) is 11.7 Å². The zero-order valence-corrected chi connectivity index (χ0v) is 18.9. The Bertz CT molecular complexity index is 894. The van der Waals surface area contributed by atoms with Crippen molar-refractivity contribution in [2.24, 2.45) is 5.10 Å². The number of carbonyl (C=O) groups is 1. The number of halogens is 1. The summed E-state index contributed by atoms with van der Waals surface area (Å²) in [5, 5.41) is 13.8. The summed E-state index contributed by atoms with van der Waals surface area (Å²) in [6.07, 6.45) is 1.52. The lowest BCUT2D eigenvalue weighted by atomic mass is 10.1. The van der Waals surface area contributed by atoms with Gasteiger partial charge in [-0.05, 0) is 46.1 Å². The number of rotatable bonds is 7. The molecule has 1 fully saturated rings. The van der Waals surface area contributed by atoms with Crippen LogP contribution in [0.2, 0.25) is 0 Å². The average Bonchev–Trinajstić information content (AvgIpc) is 2.73. The van der Waals surface area contributed by atoms with Crippen LogP contribution in [0.1, 0.15) is 16.7 Å². The Morgan fingerprint density at radius 1 is 1.20 bits per heavy atom. The van der Waals surface area contributed by atoms with Crippen molar-refractivity contribution >= 4 is 28.1 Å². The van der Waals surface area contributed by atoms with Gasteiger partial charge in [-0.3, -0.25) is 14.6 Å². The van der Waals surface area contributed by atoms with Gasteiger partial charge in [-0.15, -0.1) is 0 Å². The Morgan fingerprint density at radius 2 is 1.87 bits per heavy atom. The lowest BCUT2D eigenvalue weighted by molar-refractivity contribution is -0.122. The number of hydrogen-bond acceptors (Lipinski definition) is 6. The van der Waals surface area contributed by atoms with Gasteiger partial charge in [0.1, 0.15) is 0 Å². The van der Waals surface area contributed by atoms with E-state index < -0.39 is 0 Å². The first-order chi connectivity index (χ1) is 14.4. The van der Waals surface area contributed by atoms with Crippen LogP contribution in [-0.4, -0.2) is 66.9 Å². The number of ether oxygens (including phenoxy) is 1. The number of carbonyl (C=O) groups excluding carboxylic acids is 1. The Hall–Kier alpha value is -2.42. The van der Waals surface area contributed by atoms with Crippen LogP contribution in [0.3, 0.4) is 0 Å². The van der Waals surface area contributed by atoms with Gasteiger partial charge in [0, 0.05) is 32.7 Å². The number of methoxy groups -OCH3 is 1. The van der Waals surface area contributed by atoms with Gasteiger partial charge in [-0.2, -0.15) is 5.10 Å². The first kappa shape index (κ1) is 22.3. The number of hydrazone groups is 1. The zero-order valence-electron chi connectivity index (χ0n) is 17.3. The largest absolute Gasteiger partial charge is 0.503 e. The fraction of sp³-hybridized carbons (Fsp3) is 0.364. The number of nitrogens with one attached hydrogen (secondary N) is 1. The Balaban J connectivity index is 1.42. The Morgan fingerprint density at radius 3 is 2.53 bits per heavy atom. The summed E-state index contributed by atoms with van der Waals surface area (Å²) >= 11 is 3.26. The summed E-state index contributed by atoms with van der Waals surface area (Å²) in [4.78, 5) is 16.7. The van der Waals surface area contributed by atoms with Gasteiger partial charge < -0.3 is 9.84 Å². The van der Waals surface area contributed by atoms with Crippen LogP contribution in [0.15, 0.2) is 46.0 Å². The highest BCUT2D eigenvalue weighted by atomic mass is 79.9. The average molecular weight is 475 g/mol. The monoisotopic (exact) mass is 474 g/mol. The van der Waals surface area contributed by atoms with Crippen molar-refractivity contribution in [1.29, 1.82) is 0 Å². The minimum atomic E-state index is -0.150. The number of phenols is 1. The van der Waals surface area contributed by atoms with Crippen LogP contribution in [0.4, 0.5) is 0 Å². The van der Waals surface area contributed by atoms with E-state index in [0.29, 0.717) is 22.3 Å². The van der Waals surface area contributed by atoms with E-state index in [1.807, 2.05) is 0 Å². The molecule has 0 unspecified atom stereocenters. The number of benzene rings is 2. The molecule has 2 N–H and O–H groups in total. The predicted molar refractivity (Wildman–Crippen MR) is 121 cm³/mol. The topological polar surface area (TPSA) is 77.4 Å². The molecule has 1 amide bonds. The number of hydrogen-bond donors (Lipinski definition) is 2. The van der Waals surface area contributed by atoms with Gasteiger partial charge in [0.05, 0.1) is 24.3 Å². The Labute approximate surface area is 185 Å². The maximum Gasteiger partial charge on any atom is 0.254 e. The quantitative estimate of drug-likeness (QED) is 0.476. The van der Waals surface area contributed by atoms with E-state index in [1.54, 1.807) is 12.1 Å². The molecule has 8 heteroatoms. The van der Waals surface area contributed by atoms with Gasteiger partial charge >= 0.3 is 0 Å². The standard InChI is InChI=1S/C22H27BrN4O3/c1-16-3-5-17(6-4-16)14-26-7-9-27(10-8-26)15-21(28)25-24-13-18-11-19(23)22(29)20(12-18)30-2/h3-6,11-13,29H,7-10,14-15H2,1-2H3,(H,25,28)/b24-13+. The van der Waals surface area contributed by atoms with E-state index in [2.05, 4.69) is 67.4 Å². The number of amides is 1. The van der Waals surface area contributed by atoms with E-state index >= 15 is 0 Å². The molecule has 0 aromatic heterocycles. The van der Waals surface area contributed by atoms with Gasteiger partial charge in [-0.1, -0.05) is 29.8 Å². The lowest BCUT2D eigenvalue weighted by Crippen LogP contribution is -2.48. The summed E-state index contributed by atoms with van der Waals surface area (Å²) in [7, 11) is 1.48. The number of aryl methyl sites for hydroxylation is 1. The summed E-state index contributed by atoms with van der Waals surface area (Å²) in [5.41, 5.74) is 5.85. The normalized spacial score (nSPS) is 15.4. The second-order valence-electron chi connectivity index (χ2n) is 7.38. The number of nitrogens with zero attached hydrogens (tertiary/aromatic N) is 3. The highest BCUT2D eigenvalue weighted by Crippen LogP contribution is 2.34. The molecule has 1 aliphatic rings. The molecule has 7 nitrogen and oxygen atoms in total. The molecule has 3 rings (SSSR count). The van der Waals surface area contributed by atoms with Crippen molar-refractivity contribution in [3.05, 3.63) is 57.6 Å². The smallest absolute Gasteiger partial charge is 0.254 e. The molecule has 2 aromatic carbocycles. The third-order valence-electron chi connectivity index (χ3n) is 5.03. The summed E-state index contributed by atoms with van der Waals surface area (Å²) in [6.45, 7) is 6.93. The molecule has 1 aliphatic heterocycles. The van der Waals surface area contributed by atoms with Crippen LogP contribution in [0, 0.1) is 6.92 Å². The number of phenolic OH excluding ortho intramolecular Hbond substituents is 1. The maximum absolute atomic E-state index is 12.2. The minimum absolute atomic E-state index is 0.0280. The van der Waals surface area contributed by atoms with Crippen LogP contribution in [-0.2, 0) is 11.3 Å². The van der Waals surface area contributed by atoms with Gasteiger partial charge in [0.2, 0.25) is 0 Å². The van der Waals surface area contributed by atoms with Crippen molar-refractivity contribution < 1.29 is 14.6 Å². The molecule has 2 aromatic rings. The molecular weight excluding hydrogens is 448 g/mol. The second kappa shape index (κ2) is 10.6. The van der Waals surface area contributed by atoms with Crippen molar-refractivity contribution in [3.8, 4) is 11.5 Å². The minimum Gasteiger partial charge on any atom is -0.503 e. The van der Waals surface area contributed by atoms with Crippen molar-refractivity contribution in [1.82, 2.24) is 15.2 Å². The van der Waals surface area contributed by atoms with Crippen LogP contribution >= 0.6 is 15.9 Å². The molecular formula is C22H27BrN4O3. The van der Waals surface area contributed by atoms with Gasteiger partial charge in [0.15, 0.2) is 11.5 Å². The number of aromatic hydroxyl groups is 1. The van der Waals surface area contributed by atoms with E-state index in [1.165, 1.54) is 24.5 Å². The molecule has 1 saturated heterocycles. The van der Waals surface area contributed by atoms with Crippen molar-refractivity contribution in [2.75, 3.05) is 39.8 Å².